The van der Waals surface area contributed by atoms with E-state index in [0.717, 1.165) is 25.7 Å². The Balaban J connectivity index is 0.999. The van der Waals surface area contributed by atoms with Gasteiger partial charge in [0.25, 0.3) is 11.8 Å². The smallest absolute Gasteiger partial charge is 0.261 e. The van der Waals surface area contributed by atoms with Crippen LogP contribution in [0.4, 0.5) is 0 Å². The lowest BCUT2D eigenvalue weighted by Crippen LogP contribution is -2.46. The van der Waals surface area contributed by atoms with Gasteiger partial charge in [-0.3, -0.25) is 9.59 Å². The zero-order valence-electron chi connectivity index (χ0n) is 24.2. The number of nitrogens with zero attached hydrogens (tertiary/aromatic N) is 2. The van der Waals surface area contributed by atoms with Crippen molar-refractivity contribution in [3.05, 3.63) is 24.3 Å². The molecular formula is C34H48N2O4. The van der Waals surface area contributed by atoms with Crippen molar-refractivity contribution < 1.29 is 19.1 Å². The van der Waals surface area contributed by atoms with Crippen LogP contribution in [0.2, 0.25) is 0 Å². The van der Waals surface area contributed by atoms with Crippen molar-refractivity contribution in [1.29, 1.82) is 0 Å². The monoisotopic (exact) mass is 548 g/mol. The van der Waals surface area contributed by atoms with Gasteiger partial charge in [0.15, 0.2) is 24.7 Å². The third kappa shape index (κ3) is 4.81. The Bertz CT molecular complexity index is 949. The molecular weight excluding hydrogens is 500 g/mol. The summed E-state index contributed by atoms with van der Waals surface area (Å²) in [6.07, 6.45) is 19.9. The quantitative estimate of drug-likeness (QED) is 0.415. The van der Waals surface area contributed by atoms with Gasteiger partial charge in [0.05, 0.1) is 0 Å². The SMILES string of the molecule is O=C(COc1ccccc1OCC(=O)N1C2CCCCC2C2CCCCC21)N1C2CCCCC2C2CCCCC21. The van der Waals surface area contributed by atoms with Crippen LogP contribution in [0, 0.1) is 23.7 Å². The maximum Gasteiger partial charge on any atom is 0.261 e. The molecule has 2 heterocycles. The van der Waals surface area contributed by atoms with Gasteiger partial charge in [-0.2, -0.15) is 0 Å². The topological polar surface area (TPSA) is 59.1 Å². The van der Waals surface area contributed by atoms with Crippen molar-refractivity contribution in [2.75, 3.05) is 13.2 Å². The van der Waals surface area contributed by atoms with Gasteiger partial charge in [-0.05, 0) is 87.2 Å². The normalized spacial score (nSPS) is 36.7. The number of hydrogen-bond acceptors (Lipinski definition) is 4. The highest BCUT2D eigenvalue weighted by molar-refractivity contribution is 5.80. The molecule has 4 aliphatic carbocycles. The number of rotatable bonds is 6. The van der Waals surface area contributed by atoms with E-state index in [9.17, 15) is 9.59 Å². The van der Waals surface area contributed by atoms with E-state index in [1.165, 1.54) is 77.0 Å². The fraction of sp³-hybridized carbons (Fsp3) is 0.765. The number of ether oxygens (including phenoxy) is 2. The van der Waals surface area contributed by atoms with Crippen molar-refractivity contribution in [2.24, 2.45) is 23.7 Å². The minimum atomic E-state index is 0.0421. The van der Waals surface area contributed by atoms with Gasteiger partial charge in [-0.25, -0.2) is 0 Å². The summed E-state index contributed by atoms with van der Waals surface area (Å²) in [7, 11) is 0. The van der Waals surface area contributed by atoms with Crippen LogP contribution in [0.5, 0.6) is 11.5 Å². The Kier molecular flexibility index (Phi) is 7.70. The van der Waals surface area contributed by atoms with E-state index in [1.807, 2.05) is 24.3 Å². The standard InChI is InChI=1S/C34H48N2O4/c37-33(35-27-15-5-1-11-23(27)24-12-2-6-16-28(24)35)21-39-31-19-9-10-20-32(31)40-22-34(38)36-29-17-7-3-13-25(29)26-14-4-8-18-30(26)36/h9-10,19-20,23-30H,1-8,11-18,21-22H2. The highest BCUT2D eigenvalue weighted by Crippen LogP contribution is 2.50. The molecule has 6 fully saturated rings. The molecule has 218 valence electrons. The van der Waals surface area contributed by atoms with E-state index in [0.29, 0.717) is 59.3 Å². The zero-order valence-corrected chi connectivity index (χ0v) is 24.2. The first-order valence-electron chi connectivity index (χ1n) is 16.7. The van der Waals surface area contributed by atoms with Gasteiger partial charge in [-0.1, -0.05) is 63.5 Å². The molecule has 2 saturated heterocycles. The minimum Gasteiger partial charge on any atom is -0.480 e. The van der Waals surface area contributed by atoms with Crippen molar-refractivity contribution in [1.82, 2.24) is 9.80 Å². The predicted octanol–water partition coefficient (Wildman–Crippen LogP) is 6.36. The second-order valence-corrected chi connectivity index (χ2v) is 13.7. The number of fused-ring (bicyclic) bond motifs is 6. The van der Waals surface area contributed by atoms with Crippen molar-refractivity contribution in [3.63, 3.8) is 0 Å². The van der Waals surface area contributed by atoms with E-state index in [2.05, 4.69) is 9.80 Å². The van der Waals surface area contributed by atoms with Gasteiger partial charge in [0.2, 0.25) is 0 Å². The van der Waals surface area contributed by atoms with Crippen molar-refractivity contribution in [2.45, 2.75) is 127 Å². The summed E-state index contributed by atoms with van der Waals surface area (Å²) >= 11 is 0. The van der Waals surface area contributed by atoms with E-state index in [1.54, 1.807) is 0 Å². The Morgan fingerprint density at radius 3 is 1.15 bits per heavy atom. The molecule has 7 rings (SSSR count). The molecule has 8 atom stereocenters. The molecule has 2 amide bonds. The van der Waals surface area contributed by atoms with Crippen LogP contribution < -0.4 is 9.47 Å². The van der Waals surface area contributed by atoms with Crippen LogP contribution in [-0.2, 0) is 9.59 Å². The second kappa shape index (κ2) is 11.6. The highest BCUT2D eigenvalue weighted by atomic mass is 16.5. The first-order chi connectivity index (χ1) is 19.7. The lowest BCUT2D eigenvalue weighted by molar-refractivity contribution is -0.139. The van der Waals surface area contributed by atoms with E-state index in [-0.39, 0.29) is 25.0 Å². The predicted molar refractivity (Wildman–Crippen MR) is 154 cm³/mol. The molecule has 1 aromatic rings. The van der Waals surface area contributed by atoms with Gasteiger partial charge in [0, 0.05) is 24.2 Å². The number of amides is 2. The van der Waals surface area contributed by atoms with Crippen molar-refractivity contribution in [3.8, 4) is 11.5 Å². The molecule has 1 aromatic carbocycles. The van der Waals surface area contributed by atoms with Crippen LogP contribution in [0.3, 0.4) is 0 Å². The summed E-state index contributed by atoms with van der Waals surface area (Å²) in [6.45, 7) is 0.0841. The summed E-state index contributed by atoms with van der Waals surface area (Å²) in [4.78, 5) is 31.8. The summed E-state index contributed by atoms with van der Waals surface area (Å²) in [6, 6.07) is 9.16. The first kappa shape index (κ1) is 26.6. The molecule has 0 aromatic heterocycles. The molecule has 0 radical (unpaired) electrons. The van der Waals surface area contributed by atoms with Crippen LogP contribution in [0.1, 0.15) is 103 Å². The van der Waals surface area contributed by atoms with Crippen LogP contribution >= 0.6 is 0 Å². The molecule has 6 heteroatoms. The largest absolute Gasteiger partial charge is 0.480 e. The Morgan fingerprint density at radius 1 is 0.525 bits per heavy atom. The average Bonchev–Trinajstić information content (AvgIpc) is 3.52. The van der Waals surface area contributed by atoms with Gasteiger partial charge in [0.1, 0.15) is 0 Å². The van der Waals surface area contributed by atoms with Gasteiger partial charge < -0.3 is 19.3 Å². The number of carbonyl (C=O) groups excluding carboxylic acids is 2. The van der Waals surface area contributed by atoms with E-state index >= 15 is 0 Å². The molecule has 0 spiro atoms. The maximum absolute atomic E-state index is 13.6. The van der Waals surface area contributed by atoms with Crippen LogP contribution in [0.15, 0.2) is 24.3 Å². The molecule has 2 aliphatic heterocycles. The molecule has 8 unspecified atom stereocenters. The number of likely N-dealkylation sites (tertiary alicyclic amines) is 2. The molecule has 40 heavy (non-hydrogen) atoms. The first-order valence-corrected chi connectivity index (χ1v) is 16.7. The Hall–Kier alpha value is -2.24. The lowest BCUT2D eigenvalue weighted by Gasteiger charge is -2.35. The molecule has 6 nitrogen and oxygen atoms in total. The third-order valence-corrected chi connectivity index (χ3v) is 11.8. The highest BCUT2D eigenvalue weighted by Gasteiger charge is 2.52. The Labute approximate surface area is 240 Å². The average molecular weight is 549 g/mol. The molecule has 6 aliphatic rings. The molecule has 4 saturated carbocycles. The number of hydrogen-bond donors (Lipinski definition) is 0. The van der Waals surface area contributed by atoms with E-state index < -0.39 is 0 Å². The summed E-state index contributed by atoms with van der Waals surface area (Å²) in [5.74, 6) is 4.12. The zero-order chi connectivity index (χ0) is 27.1. The van der Waals surface area contributed by atoms with Crippen molar-refractivity contribution >= 4 is 11.8 Å². The molecule has 0 bridgehead atoms. The number of para-hydroxylation sites is 2. The van der Waals surface area contributed by atoms with Crippen LogP contribution in [-0.4, -0.2) is 59.0 Å². The second-order valence-electron chi connectivity index (χ2n) is 13.7. The summed E-state index contributed by atoms with van der Waals surface area (Å²) in [5, 5.41) is 0. The summed E-state index contributed by atoms with van der Waals surface area (Å²) in [5.41, 5.74) is 0. The van der Waals surface area contributed by atoms with Crippen LogP contribution in [0.25, 0.3) is 0 Å². The minimum absolute atomic E-state index is 0.0421. The van der Waals surface area contributed by atoms with Gasteiger partial charge >= 0.3 is 0 Å². The fourth-order valence-corrected chi connectivity index (χ4v) is 10.3. The van der Waals surface area contributed by atoms with E-state index in [4.69, 9.17) is 9.47 Å². The summed E-state index contributed by atoms with van der Waals surface area (Å²) < 4.78 is 12.3. The Morgan fingerprint density at radius 2 is 0.825 bits per heavy atom. The van der Waals surface area contributed by atoms with Gasteiger partial charge in [-0.15, -0.1) is 0 Å². The molecule has 0 N–H and O–H groups in total. The maximum atomic E-state index is 13.6. The fourth-order valence-electron chi connectivity index (χ4n) is 10.3. The lowest BCUT2D eigenvalue weighted by atomic mass is 9.73. The number of benzene rings is 1. The number of carbonyl (C=O) groups is 2. The third-order valence-electron chi connectivity index (χ3n) is 11.8.